The van der Waals surface area contributed by atoms with Gasteiger partial charge < -0.3 is 14.5 Å². The molecule has 0 unspecified atom stereocenters. The van der Waals surface area contributed by atoms with Crippen LogP contribution in [0.1, 0.15) is 56.2 Å². The molecule has 3 aromatic rings. The fourth-order valence-electron chi connectivity index (χ4n) is 4.38. The summed E-state index contributed by atoms with van der Waals surface area (Å²) in [5, 5.41) is 12.2. The van der Waals surface area contributed by atoms with E-state index < -0.39 is 12.5 Å². The highest BCUT2D eigenvalue weighted by Crippen LogP contribution is 2.37. The molecule has 1 N–H and O–H groups in total. The number of thiazole rings is 1. The van der Waals surface area contributed by atoms with Gasteiger partial charge in [0.1, 0.15) is 6.61 Å². The van der Waals surface area contributed by atoms with Crippen molar-refractivity contribution in [2.24, 2.45) is 5.92 Å². The minimum Gasteiger partial charge on any atom is -0.422 e. The number of hydrogen-bond donors (Lipinski definition) is 1. The molecule has 1 aromatic carbocycles. The van der Waals surface area contributed by atoms with Crippen molar-refractivity contribution in [1.29, 1.82) is 0 Å². The van der Waals surface area contributed by atoms with Crippen molar-refractivity contribution in [3.63, 3.8) is 0 Å². The Morgan fingerprint density at radius 3 is 2.69 bits per heavy atom. The topological polar surface area (TPSA) is 99.4 Å². The number of alkyl halides is 3. The first-order valence-corrected chi connectivity index (χ1v) is 12.5. The molecule has 2 aromatic heterocycles. The zero-order valence-corrected chi connectivity index (χ0v) is 20.0. The molecule has 188 valence electrons. The molecule has 2 heterocycles. The Hall–Kier alpha value is -2.28. The maximum atomic E-state index is 12.7. The number of nitrogens with zero attached hydrogens (tertiary/aromatic N) is 3. The summed E-state index contributed by atoms with van der Waals surface area (Å²) in [6.07, 6.45) is -2.62. The van der Waals surface area contributed by atoms with Gasteiger partial charge in [-0.1, -0.05) is 22.9 Å². The van der Waals surface area contributed by atoms with Gasteiger partial charge in [-0.2, -0.15) is 0 Å². The number of nitrogens with one attached hydrogen (secondary N) is 1. The Balaban J connectivity index is 1.06. The van der Waals surface area contributed by atoms with Crippen molar-refractivity contribution >= 4 is 44.2 Å². The number of carbonyl (C=O) groups is 1. The fraction of sp³-hybridized carbons (Fsp3) is 0.545. The largest absolute Gasteiger partial charge is 0.522 e. The second-order valence-electron chi connectivity index (χ2n) is 8.79. The monoisotopic (exact) mass is 530 g/mol. The lowest BCUT2D eigenvalue weighted by Crippen LogP contribution is -2.40. The van der Waals surface area contributed by atoms with Crippen LogP contribution in [0.25, 0.3) is 10.2 Å². The Morgan fingerprint density at radius 2 is 1.94 bits per heavy atom. The van der Waals surface area contributed by atoms with Crippen LogP contribution in [0.4, 0.5) is 18.3 Å². The number of anilines is 1. The highest BCUT2D eigenvalue weighted by Gasteiger charge is 2.40. The van der Waals surface area contributed by atoms with E-state index in [1.165, 1.54) is 11.3 Å². The van der Waals surface area contributed by atoms with Crippen molar-refractivity contribution in [2.75, 3.05) is 5.32 Å². The molecule has 35 heavy (non-hydrogen) atoms. The lowest BCUT2D eigenvalue weighted by Gasteiger charge is -2.34. The zero-order chi connectivity index (χ0) is 24.6. The van der Waals surface area contributed by atoms with Crippen LogP contribution >= 0.6 is 22.9 Å². The van der Waals surface area contributed by atoms with Gasteiger partial charge in [0.25, 0.3) is 0 Å². The second-order valence-corrected chi connectivity index (χ2v) is 10.3. The molecular formula is C22H22ClF3N4O4S. The lowest BCUT2D eigenvalue weighted by atomic mass is 9.81. The van der Waals surface area contributed by atoms with Gasteiger partial charge in [0, 0.05) is 29.7 Å². The molecule has 0 radical (unpaired) electrons. The molecule has 0 spiro atoms. The van der Waals surface area contributed by atoms with Crippen molar-refractivity contribution in [3.05, 3.63) is 35.0 Å². The predicted octanol–water partition coefficient (Wildman–Crippen LogP) is 5.83. The molecule has 0 saturated heterocycles. The number of amides is 1. The van der Waals surface area contributed by atoms with E-state index in [1.54, 1.807) is 12.1 Å². The predicted molar refractivity (Wildman–Crippen MR) is 121 cm³/mol. The second kappa shape index (κ2) is 10.00. The van der Waals surface area contributed by atoms with Crippen LogP contribution in [-0.2, 0) is 20.9 Å². The number of hydrogen-bond acceptors (Lipinski definition) is 8. The molecule has 13 heteroatoms. The number of halogens is 4. The summed E-state index contributed by atoms with van der Waals surface area (Å²) < 4.78 is 52.7. The minimum absolute atomic E-state index is 0.0432. The van der Waals surface area contributed by atoms with E-state index in [2.05, 4.69) is 25.2 Å². The number of carbonyl (C=O) groups excluding carboxylic acids is 1. The summed E-state index contributed by atoms with van der Waals surface area (Å²) in [6.45, 7) is 0.0432. The molecule has 2 fully saturated rings. The van der Waals surface area contributed by atoms with Crippen molar-refractivity contribution < 1.29 is 31.9 Å². The molecule has 2 aliphatic carbocycles. The lowest BCUT2D eigenvalue weighted by molar-refractivity contribution is -0.357. The van der Waals surface area contributed by atoms with Crippen molar-refractivity contribution in [2.45, 2.75) is 69.6 Å². The van der Waals surface area contributed by atoms with Gasteiger partial charge >= 0.3 is 6.36 Å². The molecule has 5 rings (SSSR count). The SMILES string of the molecule is O=C(Nc1nc2cc(Cl)ccc2s1)C1CCC(c2nnc(COC3CC(OC(F)(F)F)C3)o2)CC1. The van der Waals surface area contributed by atoms with Gasteiger partial charge in [0.05, 0.1) is 22.4 Å². The molecule has 1 amide bonds. The van der Waals surface area contributed by atoms with E-state index in [0.29, 0.717) is 28.9 Å². The van der Waals surface area contributed by atoms with Gasteiger partial charge in [-0.05, 0) is 43.9 Å². The molecular weight excluding hydrogens is 509 g/mol. The third kappa shape index (κ3) is 6.11. The summed E-state index contributed by atoms with van der Waals surface area (Å²) >= 11 is 7.41. The number of rotatable bonds is 7. The Bertz CT molecular complexity index is 1190. The van der Waals surface area contributed by atoms with E-state index in [4.69, 9.17) is 20.8 Å². The number of aromatic nitrogens is 3. The summed E-state index contributed by atoms with van der Waals surface area (Å²) in [6, 6.07) is 5.44. The normalized spacial score (nSPS) is 24.9. The third-order valence-corrected chi connectivity index (χ3v) is 7.49. The van der Waals surface area contributed by atoms with Gasteiger partial charge in [-0.15, -0.1) is 23.4 Å². The summed E-state index contributed by atoms with van der Waals surface area (Å²) in [4.78, 5) is 17.2. The van der Waals surface area contributed by atoms with E-state index in [0.717, 1.165) is 23.1 Å². The quantitative estimate of drug-likeness (QED) is 0.410. The zero-order valence-electron chi connectivity index (χ0n) is 18.4. The Kier molecular flexibility index (Phi) is 6.97. The van der Waals surface area contributed by atoms with Crippen molar-refractivity contribution in [3.8, 4) is 0 Å². The van der Waals surface area contributed by atoms with E-state index >= 15 is 0 Å². The minimum atomic E-state index is -4.62. The standard InChI is InChI=1S/C22H22ClF3N4O4S/c23-13-5-6-17-16(7-13)27-21(35-17)28-19(31)11-1-3-12(4-2-11)20-30-29-18(33-20)10-32-14-8-15(9-14)34-22(24,25)26/h5-7,11-12,14-15H,1-4,8-10H2,(H,27,28,31). The van der Waals surface area contributed by atoms with Crippen molar-refractivity contribution in [1.82, 2.24) is 15.2 Å². The molecule has 0 aliphatic heterocycles. The van der Waals surface area contributed by atoms with Gasteiger partial charge in [-0.25, -0.2) is 4.98 Å². The van der Waals surface area contributed by atoms with Gasteiger partial charge in [-0.3, -0.25) is 9.53 Å². The molecule has 0 bridgehead atoms. The van der Waals surface area contributed by atoms with Crippen LogP contribution in [0.2, 0.25) is 5.02 Å². The first kappa shape index (κ1) is 24.4. The average molecular weight is 531 g/mol. The maximum absolute atomic E-state index is 12.7. The van der Waals surface area contributed by atoms with Crippen LogP contribution in [0.5, 0.6) is 0 Å². The number of ether oxygens (including phenoxy) is 2. The maximum Gasteiger partial charge on any atom is 0.522 e. The van der Waals surface area contributed by atoms with E-state index in [-0.39, 0.29) is 49.2 Å². The fourth-order valence-corrected chi connectivity index (χ4v) is 5.40. The molecule has 2 aliphatic rings. The highest BCUT2D eigenvalue weighted by molar-refractivity contribution is 7.22. The van der Waals surface area contributed by atoms with Crippen LogP contribution in [0.15, 0.2) is 22.6 Å². The van der Waals surface area contributed by atoms with Crippen LogP contribution < -0.4 is 5.32 Å². The third-order valence-electron chi connectivity index (χ3n) is 6.30. The van der Waals surface area contributed by atoms with E-state index in [9.17, 15) is 18.0 Å². The van der Waals surface area contributed by atoms with Crippen LogP contribution in [-0.4, -0.2) is 39.7 Å². The molecule has 2 saturated carbocycles. The Labute approximate surface area is 207 Å². The average Bonchev–Trinajstić information content (AvgIpc) is 3.41. The van der Waals surface area contributed by atoms with Crippen LogP contribution in [0, 0.1) is 5.92 Å². The molecule has 8 nitrogen and oxygen atoms in total. The van der Waals surface area contributed by atoms with Gasteiger partial charge in [0.15, 0.2) is 5.13 Å². The summed E-state index contributed by atoms with van der Waals surface area (Å²) in [5.74, 6) is 0.658. The number of fused-ring (bicyclic) bond motifs is 1. The highest BCUT2D eigenvalue weighted by atomic mass is 35.5. The summed E-state index contributed by atoms with van der Waals surface area (Å²) in [7, 11) is 0. The van der Waals surface area contributed by atoms with Crippen LogP contribution in [0.3, 0.4) is 0 Å². The molecule has 0 atom stereocenters. The van der Waals surface area contributed by atoms with Gasteiger partial charge in [0.2, 0.25) is 17.7 Å². The first-order valence-electron chi connectivity index (χ1n) is 11.3. The Morgan fingerprint density at radius 1 is 1.17 bits per heavy atom. The first-order chi connectivity index (χ1) is 16.7. The smallest absolute Gasteiger partial charge is 0.422 e. The number of benzene rings is 1. The summed E-state index contributed by atoms with van der Waals surface area (Å²) in [5.41, 5.74) is 0.754. The van der Waals surface area contributed by atoms with E-state index in [1.807, 2.05) is 6.07 Å².